The van der Waals surface area contributed by atoms with Gasteiger partial charge >= 0.3 is 0 Å². The van der Waals surface area contributed by atoms with Gasteiger partial charge in [0, 0.05) is 50.1 Å². The summed E-state index contributed by atoms with van der Waals surface area (Å²) >= 11 is 0. The van der Waals surface area contributed by atoms with E-state index in [1.807, 2.05) is 6.07 Å². The predicted octanol–water partition coefficient (Wildman–Crippen LogP) is 0.968. The Bertz CT molecular complexity index is 1170. The molecule has 0 fully saturated rings. The maximum absolute atomic E-state index is 12.6. The molecule has 9 nitrogen and oxygen atoms in total. The third-order valence-corrected chi connectivity index (χ3v) is 5.72. The first-order valence-electron chi connectivity index (χ1n) is 8.36. The molecule has 3 aromatic rings. The van der Waals surface area contributed by atoms with E-state index >= 15 is 0 Å². The minimum absolute atomic E-state index is 0.0448. The number of likely N-dealkylation sites (N-methyl/N-ethyl adjacent to an activating group) is 1. The summed E-state index contributed by atoms with van der Waals surface area (Å²) in [5, 5.41) is 0.789. The predicted molar refractivity (Wildman–Crippen MR) is 105 cm³/mol. The molecule has 0 aliphatic carbocycles. The van der Waals surface area contributed by atoms with E-state index in [2.05, 4.69) is 4.72 Å². The van der Waals surface area contributed by atoms with Crippen LogP contribution in [0.1, 0.15) is 10.5 Å². The summed E-state index contributed by atoms with van der Waals surface area (Å²) < 4.78 is 30.9. The average molecular weight is 403 g/mol. The standard InChI is InChI=1S/C18H21N5O4S/c1-21(2)17(24)11-23-7-6-12-8-13(4-5-15(12)23)20-28(26,27)14-9-16(18(19)25)22(3)10-14/h4-10,20H,11H2,1-3H3,(H2,19,25). The van der Waals surface area contributed by atoms with Crippen molar-refractivity contribution in [2.24, 2.45) is 12.8 Å². The lowest BCUT2D eigenvalue weighted by molar-refractivity contribution is -0.129. The number of primary amides is 1. The largest absolute Gasteiger partial charge is 0.364 e. The molecule has 0 spiro atoms. The summed E-state index contributed by atoms with van der Waals surface area (Å²) in [6, 6.07) is 8.09. The van der Waals surface area contributed by atoms with Crippen LogP contribution in [0.4, 0.5) is 5.69 Å². The van der Waals surface area contributed by atoms with Crippen LogP contribution in [-0.4, -0.2) is 48.4 Å². The number of nitrogens with zero attached hydrogens (tertiary/aromatic N) is 3. The number of amides is 2. The molecule has 0 radical (unpaired) electrons. The van der Waals surface area contributed by atoms with Gasteiger partial charge in [-0.25, -0.2) is 8.42 Å². The number of benzene rings is 1. The monoisotopic (exact) mass is 403 g/mol. The molecular formula is C18H21N5O4S. The highest BCUT2D eigenvalue weighted by atomic mass is 32.2. The number of anilines is 1. The summed E-state index contributed by atoms with van der Waals surface area (Å²) in [5.74, 6) is -0.754. The number of aromatic nitrogens is 2. The molecule has 0 aliphatic heterocycles. The fourth-order valence-electron chi connectivity index (χ4n) is 2.83. The lowest BCUT2D eigenvalue weighted by Crippen LogP contribution is -2.25. The number of nitrogens with one attached hydrogen (secondary N) is 1. The van der Waals surface area contributed by atoms with Crippen molar-refractivity contribution in [3.63, 3.8) is 0 Å². The fourth-order valence-corrected chi connectivity index (χ4v) is 3.95. The van der Waals surface area contributed by atoms with E-state index in [0.29, 0.717) is 5.69 Å². The fraction of sp³-hybridized carbons (Fsp3) is 0.222. The van der Waals surface area contributed by atoms with Gasteiger partial charge in [-0.15, -0.1) is 0 Å². The Kier molecular flexibility index (Phi) is 4.90. The van der Waals surface area contributed by atoms with Crippen molar-refractivity contribution in [2.75, 3.05) is 18.8 Å². The molecule has 0 bridgehead atoms. The number of carbonyl (C=O) groups is 2. The highest BCUT2D eigenvalue weighted by Gasteiger charge is 2.20. The van der Waals surface area contributed by atoms with Gasteiger partial charge in [0.05, 0.1) is 0 Å². The van der Waals surface area contributed by atoms with E-state index in [0.717, 1.165) is 10.9 Å². The molecule has 148 valence electrons. The van der Waals surface area contributed by atoms with Crippen LogP contribution in [-0.2, 0) is 28.4 Å². The van der Waals surface area contributed by atoms with Gasteiger partial charge in [-0.05, 0) is 30.3 Å². The van der Waals surface area contributed by atoms with E-state index < -0.39 is 15.9 Å². The molecule has 0 unspecified atom stereocenters. The van der Waals surface area contributed by atoms with Gasteiger partial charge in [0.2, 0.25) is 5.91 Å². The Morgan fingerprint density at radius 3 is 2.50 bits per heavy atom. The Morgan fingerprint density at radius 2 is 1.89 bits per heavy atom. The maximum Gasteiger partial charge on any atom is 0.265 e. The second-order valence-corrected chi connectivity index (χ2v) is 8.33. The molecule has 2 aromatic heterocycles. The van der Waals surface area contributed by atoms with Crippen molar-refractivity contribution in [3.8, 4) is 0 Å². The molecule has 0 aliphatic rings. The van der Waals surface area contributed by atoms with Crippen LogP contribution in [0, 0.1) is 0 Å². The molecule has 2 heterocycles. The van der Waals surface area contributed by atoms with Crippen molar-refractivity contribution in [3.05, 3.63) is 48.4 Å². The number of fused-ring (bicyclic) bond motifs is 1. The van der Waals surface area contributed by atoms with E-state index in [-0.39, 0.29) is 23.0 Å². The molecular weight excluding hydrogens is 382 g/mol. The third kappa shape index (κ3) is 3.72. The first-order valence-corrected chi connectivity index (χ1v) is 9.85. The Hall–Kier alpha value is -3.27. The van der Waals surface area contributed by atoms with Crippen LogP contribution in [0.25, 0.3) is 10.9 Å². The molecule has 28 heavy (non-hydrogen) atoms. The smallest absolute Gasteiger partial charge is 0.265 e. The average Bonchev–Trinajstić information content (AvgIpc) is 3.18. The maximum atomic E-state index is 12.6. The summed E-state index contributed by atoms with van der Waals surface area (Å²) in [7, 11) is 1.04. The van der Waals surface area contributed by atoms with E-state index in [9.17, 15) is 18.0 Å². The molecule has 10 heteroatoms. The van der Waals surface area contributed by atoms with Crippen LogP contribution >= 0.6 is 0 Å². The van der Waals surface area contributed by atoms with Crippen molar-refractivity contribution < 1.29 is 18.0 Å². The Labute approximate surface area is 162 Å². The van der Waals surface area contributed by atoms with Crippen LogP contribution in [0.2, 0.25) is 0 Å². The molecule has 2 amide bonds. The molecule has 1 aromatic carbocycles. The number of sulfonamides is 1. The van der Waals surface area contributed by atoms with Crippen molar-refractivity contribution in [2.45, 2.75) is 11.4 Å². The number of hydrogen-bond acceptors (Lipinski definition) is 4. The van der Waals surface area contributed by atoms with Crippen LogP contribution in [0.15, 0.2) is 47.6 Å². The minimum atomic E-state index is -3.89. The van der Waals surface area contributed by atoms with Crippen LogP contribution in [0.5, 0.6) is 0 Å². The highest BCUT2D eigenvalue weighted by Crippen LogP contribution is 2.23. The second-order valence-electron chi connectivity index (χ2n) is 6.65. The number of hydrogen-bond donors (Lipinski definition) is 2. The van der Waals surface area contributed by atoms with Crippen molar-refractivity contribution >= 4 is 38.4 Å². The summed E-state index contributed by atoms with van der Waals surface area (Å²) in [6.07, 6.45) is 3.10. The zero-order valence-corrected chi connectivity index (χ0v) is 16.5. The zero-order valence-electron chi connectivity index (χ0n) is 15.7. The Morgan fingerprint density at radius 1 is 1.18 bits per heavy atom. The highest BCUT2D eigenvalue weighted by molar-refractivity contribution is 7.92. The van der Waals surface area contributed by atoms with Gasteiger partial charge < -0.3 is 19.8 Å². The first kappa shape index (κ1) is 19.5. The van der Waals surface area contributed by atoms with Crippen molar-refractivity contribution in [1.82, 2.24) is 14.0 Å². The molecule has 0 saturated heterocycles. The number of nitrogens with two attached hydrogens (primary N) is 1. The lowest BCUT2D eigenvalue weighted by atomic mass is 10.2. The summed E-state index contributed by atoms with van der Waals surface area (Å²) in [6.45, 7) is 0.196. The van der Waals surface area contributed by atoms with Crippen molar-refractivity contribution in [1.29, 1.82) is 0 Å². The molecule has 0 atom stereocenters. The number of rotatable bonds is 6. The van der Waals surface area contributed by atoms with E-state index in [4.69, 9.17) is 5.73 Å². The van der Waals surface area contributed by atoms with Gasteiger partial charge in [0.1, 0.15) is 17.1 Å². The van der Waals surface area contributed by atoms with Crippen LogP contribution < -0.4 is 10.5 Å². The normalized spacial score (nSPS) is 11.5. The zero-order chi connectivity index (χ0) is 20.6. The molecule has 3 N–H and O–H groups in total. The Balaban J connectivity index is 1.87. The summed E-state index contributed by atoms with van der Waals surface area (Å²) in [4.78, 5) is 24.7. The van der Waals surface area contributed by atoms with Gasteiger partial charge in [-0.2, -0.15) is 0 Å². The molecule has 3 rings (SSSR count). The van der Waals surface area contributed by atoms with Gasteiger partial charge in [-0.1, -0.05) is 0 Å². The minimum Gasteiger partial charge on any atom is -0.364 e. The quantitative estimate of drug-likeness (QED) is 0.637. The lowest BCUT2D eigenvalue weighted by Gasteiger charge is -2.12. The second kappa shape index (κ2) is 7.04. The first-order chi connectivity index (χ1) is 13.1. The topological polar surface area (TPSA) is 119 Å². The van der Waals surface area contributed by atoms with Gasteiger partial charge in [-0.3, -0.25) is 14.3 Å². The van der Waals surface area contributed by atoms with Gasteiger partial charge in [0.25, 0.3) is 15.9 Å². The van der Waals surface area contributed by atoms with Crippen LogP contribution in [0.3, 0.4) is 0 Å². The van der Waals surface area contributed by atoms with Gasteiger partial charge in [0.15, 0.2) is 0 Å². The van der Waals surface area contributed by atoms with E-state index in [1.165, 1.54) is 21.7 Å². The number of aryl methyl sites for hydroxylation is 1. The number of carbonyl (C=O) groups excluding carboxylic acids is 2. The summed E-state index contributed by atoms with van der Waals surface area (Å²) in [5.41, 5.74) is 6.52. The SMILES string of the molecule is CN(C)C(=O)Cn1ccc2cc(NS(=O)(=O)c3cc(C(N)=O)n(C)c3)ccc21. The van der Waals surface area contributed by atoms with E-state index in [1.54, 1.807) is 50.1 Å². The third-order valence-electron chi connectivity index (χ3n) is 4.37. The molecule has 0 saturated carbocycles.